The molecule has 1 aliphatic heterocycles. The van der Waals surface area contributed by atoms with Crippen molar-refractivity contribution >= 4 is 11.9 Å². The molecule has 128 valence electrons. The molecule has 2 atom stereocenters. The highest BCUT2D eigenvalue weighted by atomic mass is 16.6. The summed E-state index contributed by atoms with van der Waals surface area (Å²) in [6.45, 7) is 10.7. The first kappa shape index (κ1) is 17.6. The molecule has 0 spiro atoms. The fraction of sp³-hybridized carbons (Fsp3) is 0.667. The second kappa shape index (κ2) is 7.20. The summed E-state index contributed by atoms with van der Waals surface area (Å²) in [6.07, 6.45) is 4.65. The van der Waals surface area contributed by atoms with Crippen LogP contribution in [-0.2, 0) is 4.74 Å². The lowest BCUT2D eigenvalue weighted by Crippen LogP contribution is -2.36. The maximum atomic E-state index is 12.4. The number of anilines is 1. The van der Waals surface area contributed by atoms with Gasteiger partial charge in [-0.05, 0) is 58.6 Å². The van der Waals surface area contributed by atoms with Crippen LogP contribution in [0.2, 0.25) is 0 Å². The van der Waals surface area contributed by atoms with E-state index >= 15 is 0 Å². The Morgan fingerprint density at radius 1 is 1.48 bits per heavy atom. The third-order valence-electron chi connectivity index (χ3n) is 4.06. The van der Waals surface area contributed by atoms with Crippen LogP contribution >= 0.6 is 0 Å². The Morgan fingerprint density at radius 2 is 2.22 bits per heavy atom. The minimum atomic E-state index is -0.466. The van der Waals surface area contributed by atoms with E-state index in [4.69, 9.17) is 4.74 Å². The first-order chi connectivity index (χ1) is 10.8. The molecular formula is C18H29N3O2. The Hall–Kier alpha value is -1.78. The molecule has 1 N–H and O–H groups in total. The molecule has 0 aliphatic carbocycles. The first-order valence-corrected chi connectivity index (χ1v) is 8.52. The van der Waals surface area contributed by atoms with Crippen molar-refractivity contribution in [1.29, 1.82) is 0 Å². The second-order valence-corrected chi connectivity index (χ2v) is 7.26. The van der Waals surface area contributed by atoms with Gasteiger partial charge < -0.3 is 15.0 Å². The summed E-state index contributed by atoms with van der Waals surface area (Å²) in [5.41, 5.74) is 0.607. The molecule has 1 fully saturated rings. The van der Waals surface area contributed by atoms with Crippen LogP contribution in [0.15, 0.2) is 18.3 Å². The minimum Gasteiger partial charge on any atom is -0.444 e. The summed E-state index contributed by atoms with van der Waals surface area (Å²) >= 11 is 0. The van der Waals surface area contributed by atoms with E-state index in [2.05, 4.69) is 30.2 Å². The van der Waals surface area contributed by atoms with E-state index in [1.165, 1.54) is 0 Å². The Morgan fingerprint density at radius 3 is 2.78 bits per heavy atom. The number of rotatable bonds is 4. The number of aromatic nitrogens is 1. The number of pyridine rings is 1. The van der Waals surface area contributed by atoms with Gasteiger partial charge in [-0.3, -0.25) is 0 Å². The Labute approximate surface area is 139 Å². The van der Waals surface area contributed by atoms with Gasteiger partial charge in [0.25, 0.3) is 0 Å². The van der Waals surface area contributed by atoms with E-state index < -0.39 is 5.60 Å². The number of likely N-dealkylation sites (tertiary alicyclic amines) is 1. The number of ether oxygens (including phenoxy) is 1. The maximum absolute atomic E-state index is 12.4. The van der Waals surface area contributed by atoms with Gasteiger partial charge in [0.1, 0.15) is 11.4 Å². The summed E-state index contributed by atoms with van der Waals surface area (Å²) in [6, 6.07) is 4.52. The van der Waals surface area contributed by atoms with E-state index in [-0.39, 0.29) is 12.1 Å². The molecular weight excluding hydrogens is 290 g/mol. The lowest BCUT2D eigenvalue weighted by Gasteiger charge is -2.28. The maximum Gasteiger partial charge on any atom is 0.410 e. The summed E-state index contributed by atoms with van der Waals surface area (Å²) < 4.78 is 5.52. The highest BCUT2D eigenvalue weighted by Crippen LogP contribution is 2.33. The first-order valence-electron chi connectivity index (χ1n) is 8.52. The molecule has 0 aromatic carbocycles. The van der Waals surface area contributed by atoms with Crippen molar-refractivity contribution in [2.24, 2.45) is 0 Å². The molecule has 1 aromatic rings. The quantitative estimate of drug-likeness (QED) is 0.895. The predicted octanol–water partition coefficient (Wildman–Crippen LogP) is 4.36. The zero-order valence-electron chi connectivity index (χ0n) is 14.9. The van der Waals surface area contributed by atoms with Crippen molar-refractivity contribution in [2.45, 2.75) is 71.6 Å². The van der Waals surface area contributed by atoms with Crippen LogP contribution in [-0.4, -0.2) is 34.2 Å². The van der Waals surface area contributed by atoms with E-state index in [0.717, 1.165) is 37.2 Å². The lowest BCUT2D eigenvalue weighted by atomic mass is 10.1. The highest BCUT2D eigenvalue weighted by molar-refractivity contribution is 5.69. The minimum absolute atomic E-state index is 0.0648. The van der Waals surface area contributed by atoms with Crippen LogP contribution in [0.4, 0.5) is 10.6 Å². The van der Waals surface area contributed by atoms with Crippen molar-refractivity contribution in [3.8, 4) is 0 Å². The van der Waals surface area contributed by atoms with Gasteiger partial charge in [-0.15, -0.1) is 0 Å². The average molecular weight is 319 g/mol. The van der Waals surface area contributed by atoms with E-state index in [1.54, 1.807) is 0 Å². The monoisotopic (exact) mass is 319 g/mol. The summed E-state index contributed by atoms with van der Waals surface area (Å²) in [4.78, 5) is 18.7. The van der Waals surface area contributed by atoms with Gasteiger partial charge in [0.2, 0.25) is 0 Å². The Balaban J connectivity index is 2.06. The molecule has 23 heavy (non-hydrogen) atoms. The molecule has 2 heterocycles. The normalized spacial score (nSPS) is 19.5. The lowest BCUT2D eigenvalue weighted by molar-refractivity contribution is 0.0224. The van der Waals surface area contributed by atoms with E-state index in [9.17, 15) is 4.79 Å². The van der Waals surface area contributed by atoms with Crippen LogP contribution in [0.1, 0.15) is 65.5 Å². The standard InChI is InChI=1S/C18H29N3O2/c1-6-13(2)20-16-10-9-14(12-19-16)15-8-7-11-21(15)17(22)23-18(3,4)5/h9-10,12-13,15H,6-8,11H2,1-5H3,(H,19,20)/t13-,15+/m1/s1. The SMILES string of the molecule is CC[C@@H](C)Nc1ccc([C@@H]2CCCN2C(=O)OC(C)(C)C)cn1. The molecule has 0 bridgehead atoms. The summed E-state index contributed by atoms with van der Waals surface area (Å²) in [7, 11) is 0. The van der Waals surface area contributed by atoms with Crippen molar-refractivity contribution < 1.29 is 9.53 Å². The molecule has 0 unspecified atom stereocenters. The Bertz CT molecular complexity index is 522. The van der Waals surface area contributed by atoms with Crippen LogP contribution in [0.25, 0.3) is 0 Å². The molecule has 1 saturated heterocycles. The van der Waals surface area contributed by atoms with Gasteiger partial charge in [0.15, 0.2) is 0 Å². The number of nitrogens with zero attached hydrogens (tertiary/aromatic N) is 2. The fourth-order valence-electron chi connectivity index (χ4n) is 2.69. The van der Waals surface area contributed by atoms with Gasteiger partial charge in [0.05, 0.1) is 6.04 Å². The summed E-state index contributed by atoms with van der Waals surface area (Å²) in [5.74, 6) is 0.880. The molecule has 5 nitrogen and oxygen atoms in total. The van der Waals surface area contributed by atoms with Crippen molar-refractivity contribution in [1.82, 2.24) is 9.88 Å². The van der Waals surface area contributed by atoms with Crippen molar-refractivity contribution in [2.75, 3.05) is 11.9 Å². The van der Waals surface area contributed by atoms with Crippen molar-refractivity contribution in [3.63, 3.8) is 0 Å². The number of hydrogen-bond donors (Lipinski definition) is 1. The molecule has 0 saturated carbocycles. The molecule has 1 aromatic heterocycles. The third kappa shape index (κ3) is 4.85. The fourth-order valence-corrected chi connectivity index (χ4v) is 2.69. The zero-order chi connectivity index (χ0) is 17.0. The topological polar surface area (TPSA) is 54.5 Å². The van der Waals surface area contributed by atoms with Gasteiger partial charge in [0, 0.05) is 18.8 Å². The van der Waals surface area contributed by atoms with Gasteiger partial charge in [-0.2, -0.15) is 0 Å². The molecule has 0 radical (unpaired) electrons. The largest absolute Gasteiger partial charge is 0.444 e. The number of carbonyl (C=O) groups is 1. The van der Waals surface area contributed by atoms with Gasteiger partial charge in [-0.1, -0.05) is 13.0 Å². The number of nitrogens with one attached hydrogen (secondary N) is 1. The number of carbonyl (C=O) groups excluding carboxylic acids is 1. The third-order valence-corrected chi connectivity index (χ3v) is 4.06. The molecule has 2 rings (SSSR count). The van der Waals surface area contributed by atoms with Crippen LogP contribution in [0.3, 0.4) is 0 Å². The average Bonchev–Trinajstić information content (AvgIpc) is 2.95. The second-order valence-electron chi connectivity index (χ2n) is 7.26. The molecule has 1 amide bonds. The van der Waals surface area contributed by atoms with E-state index in [1.807, 2.05) is 37.9 Å². The zero-order valence-corrected chi connectivity index (χ0v) is 14.9. The summed E-state index contributed by atoms with van der Waals surface area (Å²) in [5, 5.41) is 3.36. The smallest absolute Gasteiger partial charge is 0.410 e. The van der Waals surface area contributed by atoms with Crippen LogP contribution < -0.4 is 5.32 Å². The molecule has 5 heteroatoms. The van der Waals surface area contributed by atoms with Crippen LogP contribution in [0, 0.1) is 0 Å². The van der Waals surface area contributed by atoms with Gasteiger partial charge >= 0.3 is 6.09 Å². The van der Waals surface area contributed by atoms with Crippen LogP contribution in [0.5, 0.6) is 0 Å². The number of amides is 1. The Kier molecular flexibility index (Phi) is 5.50. The van der Waals surface area contributed by atoms with Gasteiger partial charge in [-0.25, -0.2) is 9.78 Å². The highest BCUT2D eigenvalue weighted by Gasteiger charge is 2.33. The molecule has 1 aliphatic rings. The van der Waals surface area contributed by atoms with Crippen molar-refractivity contribution in [3.05, 3.63) is 23.9 Å². The number of hydrogen-bond acceptors (Lipinski definition) is 4. The van der Waals surface area contributed by atoms with E-state index in [0.29, 0.717) is 6.04 Å². The predicted molar refractivity (Wildman–Crippen MR) is 92.5 cm³/mol.